The molecule has 3 aromatic rings. The van der Waals surface area contributed by atoms with E-state index in [4.69, 9.17) is 17.3 Å². The first kappa shape index (κ1) is 14.6. The standard InChI is InChI=1S/C16H8ClN5O/c17-13-4-2-8-5-9(1-3-12(8)21-13)14-10(6-18)15(20)22-16(23)11(14)7-19/h1-5H,(H3,20,22,23). The molecule has 0 bridgehead atoms. The topological polar surface area (TPSA) is 119 Å². The van der Waals surface area contributed by atoms with Crippen molar-refractivity contribution in [3.8, 4) is 23.3 Å². The van der Waals surface area contributed by atoms with Crippen LogP contribution in [0.1, 0.15) is 11.1 Å². The Morgan fingerprint density at radius 3 is 2.57 bits per heavy atom. The molecule has 2 aromatic heterocycles. The van der Waals surface area contributed by atoms with Crippen molar-refractivity contribution in [3.05, 3.63) is 57.0 Å². The summed E-state index contributed by atoms with van der Waals surface area (Å²) in [5.74, 6) is -0.0687. The number of benzene rings is 1. The van der Waals surface area contributed by atoms with E-state index in [1.54, 1.807) is 30.3 Å². The predicted octanol–water partition coefficient (Wildman–Crippen LogP) is 2.57. The fourth-order valence-electron chi connectivity index (χ4n) is 2.39. The van der Waals surface area contributed by atoms with Gasteiger partial charge >= 0.3 is 0 Å². The number of pyridine rings is 2. The number of nitrogens with zero attached hydrogens (tertiary/aromatic N) is 3. The smallest absolute Gasteiger partial charge is 0.268 e. The van der Waals surface area contributed by atoms with Gasteiger partial charge in [0.05, 0.1) is 5.52 Å². The van der Waals surface area contributed by atoms with Gasteiger partial charge < -0.3 is 10.7 Å². The lowest BCUT2D eigenvalue weighted by Gasteiger charge is -2.09. The Hall–Kier alpha value is -3.35. The highest BCUT2D eigenvalue weighted by Gasteiger charge is 2.18. The van der Waals surface area contributed by atoms with Crippen LogP contribution in [0.25, 0.3) is 22.0 Å². The lowest BCUT2D eigenvalue weighted by Crippen LogP contribution is -2.16. The van der Waals surface area contributed by atoms with Crippen molar-refractivity contribution >= 4 is 28.3 Å². The molecule has 3 N–H and O–H groups in total. The molecule has 0 aliphatic rings. The zero-order valence-corrected chi connectivity index (χ0v) is 12.3. The first-order valence-corrected chi connectivity index (χ1v) is 6.85. The summed E-state index contributed by atoms with van der Waals surface area (Å²) in [7, 11) is 0. The summed E-state index contributed by atoms with van der Waals surface area (Å²) in [5.41, 5.74) is 6.39. The van der Waals surface area contributed by atoms with Crippen molar-refractivity contribution in [2.75, 3.05) is 5.73 Å². The Bertz CT molecular complexity index is 1090. The van der Waals surface area contributed by atoms with Crippen LogP contribution < -0.4 is 11.3 Å². The summed E-state index contributed by atoms with van der Waals surface area (Å²) >= 11 is 5.85. The van der Waals surface area contributed by atoms with E-state index in [2.05, 4.69) is 9.97 Å². The van der Waals surface area contributed by atoms with Gasteiger partial charge in [-0.1, -0.05) is 17.7 Å². The van der Waals surface area contributed by atoms with Crippen LogP contribution >= 0.6 is 11.6 Å². The maximum absolute atomic E-state index is 11.9. The van der Waals surface area contributed by atoms with Crippen LogP contribution in [-0.4, -0.2) is 9.97 Å². The van der Waals surface area contributed by atoms with Gasteiger partial charge in [0.15, 0.2) is 0 Å². The van der Waals surface area contributed by atoms with E-state index in [0.717, 1.165) is 5.39 Å². The van der Waals surface area contributed by atoms with Gasteiger partial charge in [0.2, 0.25) is 0 Å². The van der Waals surface area contributed by atoms with Crippen molar-refractivity contribution in [3.63, 3.8) is 0 Å². The number of H-pyrrole nitrogens is 1. The second-order valence-electron chi connectivity index (χ2n) is 4.76. The Kier molecular flexibility index (Phi) is 3.46. The molecule has 0 atom stereocenters. The number of anilines is 1. The van der Waals surface area contributed by atoms with Gasteiger partial charge in [-0.25, -0.2) is 4.98 Å². The molecule has 0 amide bonds. The molecule has 3 rings (SSSR count). The summed E-state index contributed by atoms with van der Waals surface area (Å²) in [6.07, 6.45) is 0. The third kappa shape index (κ3) is 2.38. The first-order valence-electron chi connectivity index (χ1n) is 6.47. The molecule has 0 saturated carbocycles. The Balaban J connectivity index is 2.39. The molecule has 6 nitrogen and oxygen atoms in total. The fourth-order valence-corrected chi connectivity index (χ4v) is 2.54. The quantitative estimate of drug-likeness (QED) is 0.667. The number of nitrogen functional groups attached to an aromatic ring is 1. The average molecular weight is 322 g/mol. The maximum Gasteiger partial charge on any atom is 0.268 e. The van der Waals surface area contributed by atoms with E-state index in [1.165, 1.54) is 0 Å². The van der Waals surface area contributed by atoms with Gasteiger partial charge in [0.1, 0.15) is 34.2 Å². The minimum absolute atomic E-state index is 0.0578. The molecule has 1 aromatic carbocycles. The highest BCUT2D eigenvalue weighted by molar-refractivity contribution is 6.29. The van der Waals surface area contributed by atoms with Crippen LogP contribution in [-0.2, 0) is 0 Å². The van der Waals surface area contributed by atoms with Crippen molar-refractivity contribution in [1.29, 1.82) is 10.5 Å². The first-order chi connectivity index (χ1) is 11.0. The minimum Gasteiger partial charge on any atom is -0.384 e. The molecule has 0 saturated heterocycles. The third-order valence-corrected chi connectivity index (χ3v) is 3.62. The number of rotatable bonds is 1. The molecule has 2 heterocycles. The van der Waals surface area contributed by atoms with E-state index < -0.39 is 5.56 Å². The number of halogens is 1. The second kappa shape index (κ2) is 5.45. The van der Waals surface area contributed by atoms with E-state index in [9.17, 15) is 15.3 Å². The van der Waals surface area contributed by atoms with Crippen LogP contribution in [0.3, 0.4) is 0 Å². The molecule has 23 heavy (non-hydrogen) atoms. The number of hydrogen-bond donors (Lipinski definition) is 2. The number of hydrogen-bond acceptors (Lipinski definition) is 5. The molecule has 0 fully saturated rings. The van der Waals surface area contributed by atoms with Crippen molar-refractivity contribution in [2.45, 2.75) is 0 Å². The van der Waals surface area contributed by atoms with Gasteiger partial charge in [-0.3, -0.25) is 4.79 Å². The molecular weight excluding hydrogens is 314 g/mol. The molecular formula is C16H8ClN5O. The van der Waals surface area contributed by atoms with Crippen LogP contribution in [0.5, 0.6) is 0 Å². The van der Waals surface area contributed by atoms with Crippen LogP contribution in [0, 0.1) is 22.7 Å². The van der Waals surface area contributed by atoms with Gasteiger partial charge in [-0.05, 0) is 29.8 Å². The van der Waals surface area contributed by atoms with E-state index in [0.29, 0.717) is 16.2 Å². The van der Waals surface area contributed by atoms with Gasteiger partial charge in [-0.15, -0.1) is 0 Å². The van der Waals surface area contributed by atoms with Crippen molar-refractivity contribution in [1.82, 2.24) is 9.97 Å². The van der Waals surface area contributed by atoms with Gasteiger partial charge in [-0.2, -0.15) is 10.5 Å². The molecule has 7 heteroatoms. The molecule has 0 radical (unpaired) electrons. The molecule has 0 aliphatic carbocycles. The highest BCUT2D eigenvalue weighted by atomic mass is 35.5. The number of nitriles is 2. The van der Waals surface area contributed by atoms with Gasteiger partial charge in [0, 0.05) is 10.9 Å². The average Bonchev–Trinajstić information content (AvgIpc) is 2.53. The van der Waals surface area contributed by atoms with Crippen molar-refractivity contribution in [2.24, 2.45) is 0 Å². The van der Waals surface area contributed by atoms with E-state index in [1.807, 2.05) is 12.1 Å². The summed E-state index contributed by atoms with van der Waals surface area (Å²) in [6, 6.07) is 12.3. The molecule has 0 unspecified atom stereocenters. The number of fused-ring (bicyclic) bond motifs is 1. The van der Waals surface area contributed by atoms with Crippen molar-refractivity contribution < 1.29 is 0 Å². The zero-order valence-electron chi connectivity index (χ0n) is 11.6. The lowest BCUT2D eigenvalue weighted by molar-refractivity contribution is 1.21. The number of aromatic amines is 1. The zero-order chi connectivity index (χ0) is 16.6. The van der Waals surface area contributed by atoms with Crippen LogP contribution in [0.15, 0.2) is 35.1 Å². The maximum atomic E-state index is 11.9. The summed E-state index contributed by atoms with van der Waals surface area (Å²) in [5, 5.41) is 19.7. The SMILES string of the molecule is N#Cc1c(N)[nH]c(=O)c(C#N)c1-c1ccc2nc(Cl)ccc2c1. The number of nitrogens with one attached hydrogen (secondary N) is 1. The highest BCUT2D eigenvalue weighted by Crippen LogP contribution is 2.30. The summed E-state index contributed by atoms with van der Waals surface area (Å²) in [6.45, 7) is 0. The third-order valence-electron chi connectivity index (χ3n) is 3.41. The second-order valence-corrected chi connectivity index (χ2v) is 5.15. The Morgan fingerprint density at radius 2 is 1.87 bits per heavy atom. The fraction of sp³-hybridized carbons (Fsp3) is 0. The predicted molar refractivity (Wildman–Crippen MR) is 86.7 cm³/mol. The molecule has 0 spiro atoms. The Labute approximate surface area is 135 Å². The van der Waals surface area contributed by atoms with E-state index >= 15 is 0 Å². The Morgan fingerprint density at radius 1 is 1.13 bits per heavy atom. The largest absolute Gasteiger partial charge is 0.384 e. The van der Waals surface area contributed by atoms with Gasteiger partial charge in [0.25, 0.3) is 5.56 Å². The molecule has 0 aliphatic heterocycles. The number of nitrogens with two attached hydrogens (primary N) is 1. The van der Waals surface area contributed by atoms with Crippen LogP contribution in [0.2, 0.25) is 5.15 Å². The monoisotopic (exact) mass is 321 g/mol. The summed E-state index contributed by atoms with van der Waals surface area (Å²) in [4.78, 5) is 18.4. The molecule has 110 valence electrons. The summed E-state index contributed by atoms with van der Waals surface area (Å²) < 4.78 is 0. The lowest BCUT2D eigenvalue weighted by atomic mass is 9.95. The minimum atomic E-state index is -0.631. The number of aromatic nitrogens is 2. The van der Waals surface area contributed by atoms with Crippen LogP contribution in [0.4, 0.5) is 5.82 Å². The van der Waals surface area contributed by atoms with E-state index in [-0.39, 0.29) is 22.5 Å². The normalized spacial score (nSPS) is 10.2.